The topological polar surface area (TPSA) is 66.8 Å². The highest BCUT2D eigenvalue weighted by molar-refractivity contribution is 5.79. The summed E-state index contributed by atoms with van der Waals surface area (Å²) in [7, 11) is 0. The van der Waals surface area contributed by atoms with Crippen LogP contribution in [0.4, 0.5) is 13.2 Å². The number of carbonyl (C=O) groups is 2. The van der Waals surface area contributed by atoms with E-state index >= 15 is 0 Å². The van der Waals surface area contributed by atoms with Crippen molar-refractivity contribution in [2.45, 2.75) is 50.9 Å². The van der Waals surface area contributed by atoms with Crippen LogP contribution in [-0.4, -0.2) is 40.8 Å². The summed E-state index contributed by atoms with van der Waals surface area (Å²) in [5.74, 6) is -1.36. The van der Waals surface area contributed by atoms with Gasteiger partial charge in [-0.15, -0.1) is 13.2 Å². The Bertz CT molecular complexity index is 601. The molecule has 0 saturated carbocycles. The number of rotatable bonds is 6. The lowest BCUT2D eigenvalue weighted by Crippen LogP contribution is -2.44. The first kappa shape index (κ1) is 19.1. The predicted octanol–water partition coefficient (Wildman–Crippen LogP) is 3.37. The van der Waals surface area contributed by atoms with Crippen LogP contribution >= 0.6 is 0 Å². The molecule has 1 unspecified atom stereocenters. The van der Waals surface area contributed by atoms with Crippen LogP contribution in [0.3, 0.4) is 0 Å². The summed E-state index contributed by atoms with van der Waals surface area (Å²) in [5, 5.41) is 8.82. The van der Waals surface area contributed by atoms with Crippen molar-refractivity contribution in [3.8, 4) is 5.75 Å². The summed E-state index contributed by atoms with van der Waals surface area (Å²) < 4.78 is 40.2. The van der Waals surface area contributed by atoms with E-state index in [9.17, 15) is 22.8 Å². The molecule has 1 fully saturated rings. The fourth-order valence-electron chi connectivity index (χ4n) is 3.00. The highest BCUT2D eigenvalue weighted by atomic mass is 19.4. The number of carboxylic acid groups (broad SMARTS) is 1. The van der Waals surface area contributed by atoms with E-state index in [4.69, 9.17) is 5.11 Å². The Morgan fingerprint density at radius 3 is 2.48 bits per heavy atom. The number of carbonyl (C=O) groups excluding carboxylic acids is 1. The van der Waals surface area contributed by atoms with Crippen LogP contribution in [-0.2, 0) is 16.0 Å². The normalized spacial score (nSPS) is 18.0. The SMILES string of the molecule is O=C(O)CCC1CCCCN1C(=O)Cc1ccc(OC(F)(F)F)cc1. The second kappa shape index (κ2) is 8.22. The standard InChI is InChI=1S/C17H20F3NO4/c18-17(19,20)25-14-7-4-12(5-8-14)11-15(22)21-10-2-1-3-13(21)6-9-16(23)24/h4-5,7-8,13H,1-3,6,9-11H2,(H,23,24). The molecule has 8 heteroatoms. The Balaban J connectivity index is 1.96. The summed E-state index contributed by atoms with van der Waals surface area (Å²) in [4.78, 5) is 24.9. The Kier molecular flexibility index (Phi) is 6.27. The van der Waals surface area contributed by atoms with E-state index in [0.717, 1.165) is 19.3 Å². The molecule has 1 aromatic rings. The zero-order valence-corrected chi connectivity index (χ0v) is 13.6. The molecule has 1 atom stereocenters. The van der Waals surface area contributed by atoms with E-state index in [2.05, 4.69) is 4.74 Å². The first-order chi connectivity index (χ1) is 11.7. The van der Waals surface area contributed by atoms with E-state index in [1.165, 1.54) is 24.3 Å². The highest BCUT2D eigenvalue weighted by Gasteiger charge is 2.31. The number of hydrogen-bond acceptors (Lipinski definition) is 3. The van der Waals surface area contributed by atoms with E-state index in [1.807, 2.05) is 0 Å². The third-order valence-electron chi connectivity index (χ3n) is 4.15. The smallest absolute Gasteiger partial charge is 0.481 e. The molecule has 0 spiro atoms. The van der Waals surface area contributed by atoms with Crippen molar-refractivity contribution in [3.63, 3.8) is 0 Å². The van der Waals surface area contributed by atoms with Crippen LogP contribution in [0.5, 0.6) is 5.75 Å². The molecule has 0 aromatic heterocycles. The van der Waals surface area contributed by atoms with Gasteiger partial charge in [0.15, 0.2) is 0 Å². The number of piperidine rings is 1. The summed E-state index contributed by atoms with van der Waals surface area (Å²) in [5.41, 5.74) is 0.585. The zero-order chi connectivity index (χ0) is 18.4. The van der Waals surface area contributed by atoms with Crippen molar-refractivity contribution in [2.24, 2.45) is 0 Å². The Morgan fingerprint density at radius 1 is 1.20 bits per heavy atom. The Hall–Kier alpha value is -2.25. The van der Waals surface area contributed by atoms with Gasteiger partial charge >= 0.3 is 12.3 Å². The number of halogens is 3. The first-order valence-corrected chi connectivity index (χ1v) is 8.10. The molecule has 138 valence electrons. The molecule has 1 amide bonds. The minimum absolute atomic E-state index is 0.0118. The quantitative estimate of drug-likeness (QED) is 0.846. The highest BCUT2D eigenvalue weighted by Crippen LogP contribution is 2.24. The van der Waals surface area contributed by atoms with E-state index in [0.29, 0.717) is 18.5 Å². The van der Waals surface area contributed by atoms with E-state index in [-0.39, 0.29) is 30.5 Å². The fourth-order valence-corrected chi connectivity index (χ4v) is 3.00. The number of likely N-dealkylation sites (tertiary alicyclic amines) is 1. The Morgan fingerprint density at radius 2 is 1.88 bits per heavy atom. The lowest BCUT2D eigenvalue weighted by atomic mass is 9.97. The molecule has 0 radical (unpaired) electrons. The van der Waals surface area contributed by atoms with Crippen molar-refractivity contribution in [1.29, 1.82) is 0 Å². The summed E-state index contributed by atoms with van der Waals surface area (Å²) >= 11 is 0. The van der Waals surface area contributed by atoms with Crippen molar-refractivity contribution in [2.75, 3.05) is 6.54 Å². The van der Waals surface area contributed by atoms with Gasteiger partial charge in [0, 0.05) is 19.0 Å². The second-order valence-corrected chi connectivity index (χ2v) is 6.04. The molecular weight excluding hydrogens is 339 g/mol. The number of nitrogens with zero attached hydrogens (tertiary/aromatic N) is 1. The van der Waals surface area contributed by atoms with Crippen LogP contribution in [0.1, 0.15) is 37.7 Å². The molecule has 2 rings (SSSR count). The number of hydrogen-bond donors (Lipinski definition) is 1. The van der Waals surface area contributed by atoms with Crippen molar-refractivity contribution >= 4 is 11.9 Å². The van der Waals surface area contributed by atoms with Gasteiger partial charge in [0.25, 0.3) is 0 Å². The summed E-state index contributed by atoms with van der Waals surface area (Å²) in [6, 6.07) is 5.11. The van der Waals surface area contributed by atoms with Gasteiger partial charge in [-0.3, -0.25) is 9.59 Å². The number of benzene rings is 1. The van der Waals surface area contributed by atoms with Crippen LogP contribution in [0.2, 0.25) is 0 Å². The summed E-state index contributed by atoms with van der Waals surface area (Å²) in [6.45, 7) is 0.582. The van der Waals surface area contributed by atoms with Gasteiger partial charge in [-0.2, -0.15) is 0 Å². The maximum Gasteiger partial charge on any atom is 0.573 e. The van der Waals surface area contributed by atoms with Gasteiger partial charge in [0.05, 0.1) is 6.42 Å². The maximum absolute atomic E-state index is 12.5. The molecular formula is C17H20F3NO4. The van der Waals surface area contributed by atoms with Crippen LogP contribution < -0.4 is 4.74 Å². The average Bonchev–Trinajstić information content (AvgIpc) is 2.53. The van der Waals surface area contributed by atoms with Gasteiger partial charge < -0.3 is 14.7 Å². The van der Waals surface area contributed by atoms with Crippen LogP contribution in [0.15, 0.2) is 24.3 Å². The van der Waals surface area contributed by atoms with Gasteiger partial charge in [-0.25, -0.2) is 0 Å². The molecule has 25 heavy (non-hydrogen) atoms. The molecule has 1 saturated heterocycles. The van der Waals surface area contributed by atoms with Crippen LogP contribution in [0, 0.1) is 0 Å². The minimum Gasteiger partial charge on any atom is -0.481 e. The molecule has 5 nitrogen and oxygen atoms in total. The van der Waals surface area contributed by atoms with Gasteiger partial charge in [-0.05, 0) is 43.4 Å². The lowest BCUT2D eigenvalue weighted by Gasteiger charge is -2.35. The molecule has 1 N–H and O–H groups in total. The average molecular weight is 359 g/mol. The third-order valence-corrected chi connectivity index (χ3v) is 4.15. The molecule has 0 bridgehead atoms. The van der Waals surface area contributed by atoms with Crippen molar-refractivity contribution in [1.82, 2.24) is 4.90 Å². The van der Waals surface area contributed by atoms with E-state index < -0.39 is 12.3 Å². The predicted molar refractivity (Wildman–Crippen MR) is 83.1 cm³/mol. The van der Waals surface area contributed by atoms with Crippen molar-refractivity contribution in [3.05, 3.63) is 29.8 Å². The number of amides is 1. The molecule has 1 heterocycles. The van der Waals surface area contributed by atoms with Crippen LogP contribution in [0.25, 0.3) is 0 Å². The third kappa shape index (κ3) is 6.28. The second-order valence-electron chi connectivity index (χ2n) is 6.04. The molecule has 1 aliphatic heterocycles. The maximum atomic E-state index is 12.5. The summed E-state index contributed by atoms with van der Waals surface area (Å²) in [6.07, 6.45) is -1.65. The van der Waals surface area contributed by atoms with Gasteiger partial charge in [0.2, 0.25) is 5.91 Å². The van der Waals surface area contributed by atoms with E-state index in [1.54, 1.807) is 4.90 Å². The fraction of sp³-hybridized carbons (Fsp3) is 0.529. The monoisotopic (exact) mass is 359 g/mol. The van der Waals surface area contributed by atoms with Gasteiger partial charge in [-0.1, -0.05) is 12.1 Å². The van der Waals surface area contributed by atoms with Gasteiger partial charge in [0.1, 0.15) is 5.75 Å². The number of carboxylic acids is 1. The van der Waals surface area contributed by atoms with Crippen molar-refractivity contribution < 1.29 is 32.6 Å². The zero-order valence-electron chi connectivity index (χ0n) is 13.6. The minimum atomic E-state index is -4.75. The number of aliphatic carboxylic acids is 1. The molecule has 0 aliphatic carbocycles. The largest absolute Gasteiger partial charge is 0.573 e. The first-order valence-electron chi connectivity index (χ1n) is 8.10. The number of alkyl halides is 3. The number of ether oxygens (including phenoxy) is 1. The Labute approximate surface area is 143 Å². The molecule has 1 aliphatic rings. The molecule has 1 aromatic carbocycles. The lowest BCUT2D eigenvalue weighted by molar-refractivity contribution is -0.274.